The van der Waals surface area contributed by atoms with Crippen molar-refractivity contribution in [2.75, 3.05) is 6.61 Å². The molecule has 9 heavy (non-hydrogen) atoms. The van der Waals surface area contributed by atoms with Crippen LogP contribution >= 0.6 is 0 Å². The van der Waals surface area contributed by atoms with Crippen molar-refractivity contribution in [1.29, 1.82) is 0 Å². The molecule has 56 valence electrons. The van der Waals surface area contributed by atoms with Crippen molar-refractivity contribution >= 4 is 0 Å². The molecule has 3 nitrogen and oxygen atoms in total. The molecule has 0 spiro atoms. The number of aliphatic hydroxyl groups excluding tert-OH is 1. The third-order valence-electron chi connectivity index (χ3n) is 1.37. The highest BCUT2D eigenvalue weighted by Gasteiger charge is 2.05. The highest BCUT2D eigenvalue weighted by molar-refractivity contribution is 4.70. The Hall–Kier alpha value is -0.120. The Morgan fingerprint density at radius 1 is 1.44 bits per heavy atom. The molecule has 0 bridgehead atoms. The summed E-state index contributed by atoms with van der Waals surface area (Å²) in [6, 6.07) is 0.0775. The lowest BCUT2D eigenvalue weighted by atomic mass is 10.1. The third-order valence-corrected chi connectivity index (χ3v) is 1.37. The van der Waals surface area contributed by atoms with Gasteiger partial charge in [0.15, 0.2) is 0 Å². The molecule has 0 rings (SSSR count). The minimum atomic E-state index is 0.0385. The fourth-order valence-electron chi connectivity index (χ4n) is 0.590. The van der Waals surface area contributed by atoms with Crippen LogP contribution in [0.3, 0.4) is 0 Å². The van der Waals surface area contributed by atoms with Crippen LogP contribution in [0.4, 0.5) is 0 Å². The quantitative estimate of drug-likeness (QED) is 0.480. The number of nitrogens with two attached hydrogens (primary N) is 2. The molecule has 0 aliphatic carbocycles. The molecule has 0 radical (unpaired) electrons. The summed E-state index contributed by atoms with van der Waals surface area (Å²) < 4.78 is 0. The van der Waals surface area contributed by atoms with Crippen LogP contribution in [0.25, 0.3) is 0 Å². The van der Waals surface area contributed by atoms with Gasteiger partial charge in [0, 0.05) is 18.7 Å². The van der Waals surface area contributed by atoms with Gasteiger partial charge in [-0.2, -0.15) is 0 Å². The summed E-state index contributed by atoms with van der Waals surface area (Å²) in [6.45, 7) is 2.09. The Labute approximate surface area is 56.0 Å². The molecule has 2 atom stereocenters. The van der Waals surface area contributed by atoms with Gasteiger partial charge in [-0.05, 0) is 19.8 Å². The van der Waals surface area contributed by atoms with Gasteiger partial charge in [-0.15, -0.1) is 0 Å². The normalized spacial score (nSPS) is 17.3. The van der Waals surface area contributed by atoms with Gasteiger partial charge in [-0.25, -0.2) is 0 Å². The second kappa shape index (κ2) is 4.73. The smallest absolute Gasteiger partial charge is 0.0431 e. The van der Waals surface area contributed by atoms with Gasteiger partial charge >= 0.3 is 0 Å². The van der Waals surface area contributed by atoms with Crippen molar-refractivity contribution in [2.24, 2.45) is 11.5 Å². The maximum atomic E-state index is 8.40. The molecule has 0 aromatic heterocycles. The van der Waals surface area contributed by atoms with E-state index in [1.807, 2.05) is 6.92 Å². The first-order valence-electron chi connectivity index (χ1n) is 3.30. The molecule has 0 amide bonds. The van der Waals surface area contributed by atoms with Gasteiger partial charge in [-0.1, -0.05) is 0 Å². The zero-order valence-corrected chi connectivity index (χ0v) is 5.88. The molecule has 5 N–H and O–H groups in total. The Kier molecular flexibility index (Phi) is 4.67. The van der Waals surface area contributed by atoms with Crippen molar-refractivity contribution < 1.29 is 5.11 Å². The Bertz CT molecular complexity index is 66.1. The lowest BCUT2D eigenvalue weighted by molar-refractivity contribution is 0.277. The minimum Gasteiger partial charge on any atom is -0.396 e. The van der Waals surface area contributed by atoms with Crippen LogP contribution in [0.15, 0.2) is 0 Å². The van der Waals surface area contributed by atoms with E-state index < -0.39 is 0 Å². The highest BCUT2D eigenvalue weighted by atomic mass is 16.2. The van der Waals surface area contributed by atoms with Crippen LogP contribution in [-0.4, -0.2) is 23.8 Å². The fraction of sp³-hybridized carbons (Fsp3) is 1.00. The maximum absolute atomic E-state index is 8.40. The van der Waals surface area contributed by atoms with Crippen molar-refractivity contribution in [3.05, 3.63) is 0 Å². The minimum absolute atomic E-state index is 0.0385. The van der Waals surface area contributed by atoms with E-state index in [1.54, 1.807) is 0 Å². The van der Waals surface area contributed by atoms with E-state index in [-0.39, 0.29) is 18.7 Å². The number of hydrogen-bond acceptors (Lipinski definition) is 3. The maximum Gasteiger partial charge on any atom is 0.0431 e. The summed E-state index contributed by atoms with van der Waals surface area (Å²) in [4.78, 5) is 0. The first-order valence-corrected chi connectivity index (χ1v) is 3.30. The molecule has 0 saturated carbocycles. The topological polar surface area (TPSA) is 72.3 Å². The summed E-state index contributed by atoms with van der Waals surface area (Å²) in [5.74, 6) is 0. The molecule has 0 saturated heterocycles. The van der Waals surface area contributed by atoms with Crippen molar-refractivity contribution in [3.63, 3.8) is 0 Å². The average Bonchev–Trinajstić information content (AvgIpc) is 1.82. The number of rotatable bonds is 4. The molecule has 0 aromatic carbocycles. The molecule has 0 fully saturated rings. The predicted octanol–water partition coefficient (Wildman–Crippen LogP) is -0.567. The molecule has 0 aliphatic heterocycles. The van der Waals surface area contributed by atoms with E-state index in [0.717, 1.165) is 12.8 Å². The van der Waals surface area contributed by atoms with Gasteiger partial charge < -0.3 is 16.6 Å². The first kappa shape index (κ1) is 8.88. The zero-order valence-electron chi connectivity index (χ0n) is 5.88. The standard InChI is InChI=1S/C6H16N2O/c1-5(7)6(8)3-2-4-9/h5-6,9H,2-4,7-8H2,1H3. The van der Waals surface area contributed by atoms with Crippen molar-refractivity contribution in [2.45, 2.75) is 31.8 Å². The Morgan fingerprint density at radius 3 is 2.33 bits per heavy atom. The van der Waals surface area contributed by atoms with Crippen LogP contribution in [0.2, 0.25) is 0 Å². The van der Waals surface area contributed by atoms with E-state index in [1.165, 1.54) is 0 Å². The molecule has 0 heterocycles. The average molecular weight is 132 g/mol. The second-order valence-electron chi connectivity index (χ2n) is 2.39. The molecule has 2 unspecified atom stereocenters. The predicted molar refractivity (Wildman–Crippen MR) is 37.9 cm³/mol. The summed E-state index contributed by atoms with van der Waals surface area (Å²) in [5, 5.41) is 8.40. The van der Waals surface area contributed by atoms with Gasteiger partial charge in [0.2, 0.25) is 0 Å². The summed E-state index contributed by atoms with van der Waals surface area (Å²) in [7, 11) is 0. The summed E-state index contributed by atoms with van der Waals surface area (Å²) in [5.41, 5.74) is 11.0. The van der Waals surface area contributed by atoms with Crippen molar-refractivity contribution in [3.8, 4) is 0 Å². The molecule has 0 aromatic rings. The van der Waals surface area contributed by atoms with Gasteiger partial charge in [0.1, 0.15) is 0 Å². The first-order chi connectivity index (χ1) is 4.18. The SMILES string of the molecule is CC(N)C(N)CCCO. The molecule has 3 heteroatoms. The molecular formula is C6H16N2O. The number of aliphatic hydroxyl groups is 1. The lowest BCUT2D eigenvalue weighted by Gasteiger charge is -2.13. The van der Waals surface area contributed by atoms with Crippen LogP contribution in [0, 0.1) is 0 Å². The summed E-state index contributed by atoms with van der Waals surface area (Å²) >= 11 is 0. The lowest BCUT2D eigenvalue weighted by Crippen LogP contribution is -2.38. The Morgan fingerprint density at radius 2 is 2.00 bits per heavy atom. The van der Waals surface area contributed by atoms with E-state index in [2.05, 4.69) is 0 Å². The van der Waals surface area contributed by atoms with Gasteiger partial charge in [-0.3, -0.25) is 0 Å². The van der Waals surface area contributed by atoms with Crippen LogP contribution in [0.1, 0.15) is 19.8 Å². The van der Waals surface area contributed by atoms with Gasteiger partial charge in [0.05, 0.1) is 0 Å². The van der Waals surface area contributed by atoms with Crippen molar-refractivity contribution in [1.82, 2.24) is 0 Å². The van der Waals surface area contributed by atoms with E-state index in [4.69, 9.17) is 16.6 Å². The summed E-state index contributed by atoms with van der Waals surface area (Å²) in [6.07, 6.45) is 1.57. The third kappa shape index (κ3) is 4.39. The second-order valence-corrected chi connectivity index (χ2v) is 2.39. The van der Waals surface area contributed by atoms with E-state index in [0.29, 0.717) is 0 Å². The number of hydrogen-bond donors (Lipinski definition) is 3. The van der Waals surface area contributed by atoms with E-state index >= 15 is 0 Å². The van der Waals surface area contributed by atoms with Gasteiger partial charge in [0.25, 0.3) is 0 Å². The molecular weight excluding hydrogens is 116 g/mol. The van der Waals surface area contributed by atoms with Crippen LogP contribution < -0.4 is 11.5 Å². The largest absolute Gasteiger partial charge is 0.396 e. The highest BCUT2D eigenvalue weighted by Crippen LogP contribution is 1.95. The zero-order chi connectivity index (χ0) is 7.28. The molecule has 0 aliphatic rings. The monoisotopic (exact) mass is 132 g/mol. The van der Waals surface area contributed by atoms with Crippen LogP contribution in [0.5, 0.6) is 0 Å². The Balaban J connectivity index is 3.16. The van der Waals surface area contributed by atoms with Crippen LogP contribution in [-0.2, 0) is 0 Å². The fourth-order valence-corrected chi connectivity index (χ4v) is 0.590. The van der Waals surface area contributed by atoms with E-state index in [9.17, 15) is 0 Å².